The zero-order valence-corrected chi connectivity index (χ0v) is 6.31. The summed E-state index contributed by atoms with van der Waals surface area (Å²) in [6, 6.07) is 0. The van der Waals surface area contributed by atoms with Crippen molar-refractivity contribution < 1.29 is 4.74 Å². The molecular weight excluding hydrogens is 124 g/mol. The molecule has 1 aliphatic carbocycles. The van der Waals surface area contributed by atoms with E-state index in [2.05, 4.69) is 12.2 Å². The van der Waals surface area contributed by atoms with E-state index in [1.807, 2.05) is 0 Å². The first-order valence-corrected chi connectivity index (χ1v) is 4.23. The molecule has 1 spiro atoms. The molecule has 0 radical (unpaired) electrons. The van der Waals surface area contributed by atoms with Crippen LogP contribution in [-0.2, 0) is 4.74 Å². The van der Waals surface area contributed by atoms with Crippen LogP contribution in [0.3, 0.4) is 0 Å². The highest BCUT2D eigenvalue weighted by molar-refractivity contribution is 5.08. The van der Waals surface area contributed by atoms with Gasteiger partial charge in [0.1, 0.15) is 0 Å². The summed E-state index contributed by atoms with van der Waals surface area (Å²) in [6.45, 7) is 0.847. The van der Waals surface area contributed by atoms with E-state index in [9.17, 15) is 0 Å². The van der Waals surface area contributed by atoms with Crippen LogP contribution in [0.2, 0.25) is 0 Å². The van der Waals surface area contributed by atoms with Crippen LogP contribution in [0.25, 0.3) is 0 Å². The highest BCUT2D eigenvalue weighted by Crippen LogP contribution is 2.35. The third-order valence-corrected chi connectivity index (χ3v) is 2.59. The Bertz CT molecular complexity index is 143. The molecular formula is C9H14O. The number of hydrogen-bond donors (Lipinski definition) is 0. The summed E-state index contributed by atoms with van der Waals surface area (Å²) < 4.78 is 5.67. The first-order valence-electron chi connectivity index (χ1n) is 4.23. The van der Waals surface area contributed by atoms with Gasteiger partial charge in [-0.3, -0.25) is 0 Å². The van der Waals surface area contributed by atoms with Crippen molar-refractivity contribution in [2.24, 2.45) is 0 Å². The van der Waals surface area contributed by atoms with Crippen molar-refractivity contribution in [3.8, 4) is 0 Å². The van der Waals surface area contributed by atoms with E-state index in [0.29, 0.717) is 0 Å². The fourth-order valence-electron chi connectivity index (χ4n) is 1.99. The third-order valence-electron chi connectivity index (χ3n) is 2.59. The molecule has 0 unspecified atom stereocenters. The summed E-state index contributed by atoms with van der Waals surface area (Å²) in [4.78, 5) is 0. The second-order valence-corrected chi connectivity index (χ2v) is 3.34. The lowest BCUT2D eigenvalue weighted by Gasteiger charge is -2.30. The van der Waals surface area contributed by atoms with Crippen LogP contribution in [0.1, 0.15) is 32.1 Å². The predicted molar refractivity (Wildman–Crippen MR) is 40.9 cm³/mol. The van der Waals surface area contributed by atoms with Gasteiger partial charge in [0.25, 0.3) is 0 Å². The monoisotopic (exact) mass is 138 g/mol. The Morgan fingerprint density at radius 3 is 2.50 bits per heavy atom. The second-order valence-electron chi connectivity index (χ2n) is 3.34. The highest BCUT2D eigenvalue weighted by Gasteiger charge is 2.31. The Kier molecular flexibility index (Phi) is 1.53. The average molecular weight is 138 g/mol. The van der Waals surface area contributed by atoms with Crippen molar-refractivity contribution in [2.45, 2.75) is 37.7 Å². The van der Waals surface area contributed by atoms with Crippen LogP contribution in [0.15, 0.2) is 12.2 Å². The molecule has 0 bridgehead atoms. The van der Waals surface area contributed by atoms with Crippen LogP contribution in [-0.4, -0.2) is 12.2 Å². The molecule has 1 aliphatic heterocycles. The van der Waals surface area contributed by atoms with Crippen LogP contribution in [0.5, 0.6) is 0 Å². The molecule has 0 aromatic carbocycles. The summed E-state index contributed by atoms with van der Waals surface area (Å²) in [5.74, 6) is 0. The van der Waals surface area contributed by atoms with Gasteiger partial charge in [0, 0.05) is 0 Å². The molecule has 0 atom stereocenters. The van der Waals surface area contributed by atoms with Gasteiger partial charge in [0.15, 0.2) is 0 Å². The molecule has 56 valence electrons. The number of ether oxygens (including phenoxy) is 1. The van der Waals surface area contributed by atoms with Gasteiger partial charge in [-0.15, -0.1) is 0 Å². The van der Waals surface area contributed by atoms with Crippen LogP contribution in [0, 0.1) is 0 Å². The molecule has 0 N–H and O–H groups in total. The van der Waals surface area contributed by atoms with E-state index in [-0.39, 0.29) is 5.60 Å². The van der Waals surface area contributed by atoms with E-state index in [1.54, 1.807) is 0 Å². The smallest absolute Gasteiger partial charge is 0.0867 e. The van der Waals surface area contributed by atoms with E-state index in [1.165, 1.54) is 32.1 Å². The van der Waals surface area contributed by atoms with Crippen molar-refractivity contribution in [3.05, 3.63) is 12.2 Å². The summed E-state index contributed by atoms with van der Waals surface area (Å²) in [5.41, 5.74) is 0.193. The normalized spacial score (nSPS) is 29.6. The van der Waals surface area contributed by atoms with Crippen molar-refractivity contribution in [2.75, 3.05) is 6.61 Å². The highest BCUT2D eigenvalue weighted by atomic mass is 16.5. The molecule has 0 saturated heterocycles. The van der Waals surface area contributed by atoms with Crippen molar-refractivity contribution in [1.29, 1.82) is 0 Å². The zero-order valence-electron chi connectivity index (χ0n) is 6.31. The molecule has 1 nitrogen and oxygen atoms in total. The van der Waals surface area contributed by atoms with Gasteiger partial charge >= 0.3 is 0 Å². The third kappa shape index (κ3) is 0.988. The molecule has 1 heterocycles. The van der Waals surface area contributed by atoms with Gasteiger partial charge in [-0.1, -0.05) is 31.4 Å². The molecule has 0 aromatic heterocycles. The minimum absolute atomic E-state index is 0.193. The van der Waals surface area contributed by atoms with E-state index < -0.39 is 0 Å². The van der Waals surface area contributed by atoms with Crippen molar-refractivity contribution >= 4 is 0 Å². The summed E-state index contributed by atoms with van der Waals surface area (Å²) in [7, 11) is 0. The van der Waals surface area contributed by atoms with Gasteiger partial charge in [-0.25, -0.2) is 0 Å². The Hall–Kier alpha value is -0.300. The van der Waals surface area contributed by atoms with Crippen LogP contribution >= 0.6 is 0 Å². The molecule has 2 rings (SSSR count). The van der Waals surface area contributed by atoms with Crippen molar-refractivity contribution in [1.82, 2.24) is 0 Å². The second kappa shape index (κ2) is 2.39. The number of hydrogen-bond acceptors (Lipinski definition) is 1. The van der Waals surface area contributed by atoms with Crippen molar-refractivity contribution in [3.63, 3.8) is 0 Å². The molecule has 0 aromatic rings. The molecule has 1 saturated carbocycles. The van der Waals surface area contributed by atoms with Gasteiger partial charge in [-0.2, -0.15) is 0 Å². The van der Waals surface area contributed by atoms with Gasteiger partial charge < -0.3 is 4.74 Å². The maximum absolute atomic E-state index is 5.67. The number of rotatable bonds is 0. The maximum atomic E-state index is 5.67. The SMILES string of the molecule is C1=CC2(CCCCC2)OC1. The molecule has 1 heteroatoms. The van der Waals surface area contributed by atoms with Gasteiger partial charge in [0.05, 0.1) is 12.2 Å². The molecule has 2 aliphatic rings. The first-order chi connectivity index (χ1) is 4.91. The van der Waals surface area contributed by atoms with E-state index in [4.69, 9.17) is 4.74 Å². The summed E-state index contributed by atoms with van der Waals surface area (Å²) >= 11 is 0. The largest absolute Gasteiger partial charge is 0.367 e. The molecule has 10 heavy (non-hydrogen) atoms. The lowest BCUT2D eigenvalue weighted by Crippen LogP contribution is -2.29. The quantitative estimate of drug-likeness (QED) is 0.466. The fourth-order valence-corrected chi connectivity index (χ4v) is 1.99. The first kappa shape index (κ1) is 6.41. The van der Waals surface area contributed by atoms with E-state index >= 15 is 0 Å². The standard InChI is InChI=1S/C9H14O/c1-2-5-9(6-3-1)7-4-8-10-9/h4,7H,1-3,5-6,8H2. The average Bonchev–Trinajstić information content (AvgIpc) is 2.39. The Balaban J connectivity index is 2.05. The predicted octanol–water partition coefficient (Wildman–Crippen LogP) is 2.28. The lowest BCUT2D eigenvalue weighted by atomic mass is 9.85. The van der Waals surface area contributed by atoms with Crippen LogP contribution < -0.4 is 0 Å². The minimum atomic E-state index is 0.193. The summed E-state index contributed by atoms with van der Waals surface area (Å²) in [6.07, 6.45) is 11.0. The van der Waals surface area contributed by atoms with E-state index in [0.717, 1.165) is 6.61 Å². The molecule has 0 amide bonds. The van der Waals surface area contributed by atoms with Gasteiger partial charge in [0.2, 0.25) is 0 Å². The zero-order chi connectivity index (χ0) is 6.86. The Morgan fingerprint density at radius 1 is 1.10 bits per heavy atom. The molecule has 1 fully saturated rings. The van der Waals surface area contributed by atoms with Gasteiger partial charge in [-0.05, 0) is 12.8 Å². The lowest BCUT2D eigenvalue weighted by molar-refractivity contribution is -0.00248. The maximum Gasteiger partial charge on any atom is 0.0867 e. The van der Waals surface area contributed by atoms with Crippen LogP contribution in [0.4, 0.5) is 0 Å². The minimum Gasteiger partial charge on any atom is -0.367 e. The Morgan fingerprint density at radius 2 is 1.90 bits per heavy atom. The Labute approximate surface area is 62.1 Å². The summed E-state index contributed by atoms with van der Waals surface area (Å²) in [5, 5.41) is 0. The topological polar surface area (TPSA) is 9.23 Å². The fraction of sp³-hybridized carbons (Fsp3) is 0.778.